The summed E-state index contributed by atoms with van der Waals surface area (Å²) in [6.07, 6.45) is 9.26. The number of nitrogens with zero attached hydrogens (tertiary/aromatic N) is 4. The first-order valence-corrected chi connectivity index (χ1v) is 15.4. The van der Waals surface area contributed by atoms with Crippen LogP contribution in [0.15, 0.2) is 59.1 Å². The van der Waals surface area contributed by atoms with Crippen molar-refractivity contribution in [2.24, 2.45) is 0 Å². The van der Waals surface area contributed by atoms with Crippen molar-refractivity contribution in [2.75, 3.05) is 26.3 Å². The van der Waals surface area contributed by atoms with Crippen molar-refractivity contribution in [1.29, 1.82) is 0 Å². The van der Waals surface area contributed by atoms with Crippen LogP contribution in [0.25, 0.3) is 22.3 Å². The van der Waals surface area contributed by atoms with Crippen LogP contribution in [0.5, 0.6) is 0 Å². The van der Waals surface area contributed by atoms with Crippen LogP contribution in [-0.4, -0.2) is 59.6 Å². The predicted molar refractivity (Wildman–Crippen MR) is 147 cm³/mol. The van der Waals surface area contributed by atoms with Crippen molar-refractivity contribution in [3.63, 3.8) is 0 Å². The lowest BCUT2D eigenvalue weighted by molar-refractivity contribution is 0.118. The van der Waals surface area contributed by atoms with E-state index in [4.69, 9.17) is 9.72 Å². The van der Waals surface area contributed by atoms with E-state index in [9.17, 15) is 8.42 Å². The molecule has 6 rings (SSSR count). The van der Waals surface area contributed by atoms with Crippen LogP contribution in [-0.2, 0) is 14.8 Å². The van der Waals surface area contributed by atoms with Gasteiger partial charge in [0, 0.05) is 54.5 Å². The van der Waals surface area contributed by atoms with Gasteiger partial charge in [-0.15, -0.1) is 11.3 Å². The summed E-state index contributed by atoms with van der Waals surface area (Å²) in [4.78, 5) is 12.3. The van der Waals surface area contributed by atoms with Gasteiger partial charge in [-0.1, -0.05) is 18.2 Å². The maximum absolute atomic E-state index is 13.6. The summed E-state index contributed by atoms with van der Waals surface area (Å²) in [5.41, 5.74) is 3.24. The summed E-state index contributed by atoms with van der Waals surface area (Å²) in [6.45, 7) is 5.83. The van der Waals surface area contributed by atoms with Gasteiger partial charge >= 0.3 is 0 Å². The number of thiazole rings is 1. The Bertz CT molecular complexity index is 1480. The smallest absolute Gasteiger partial charge is 0.269 e. The van der Waals surface area contributed by atoms with E-state index < -0.39 is 10.0 Å². The Labute approximate surface area is 222 Å². The van der Waals surface area contributed by atoms with Crippen LogP contribution < -0.4 is 0 Å². The second kappa shape index (κ2) is 10.3. The average molecular weight is 537 g/mol. The minimum absolute atomic E-state index is 0.246. The van der Waals surface area contributed by atoms with Gasteiger partial charge in [-0.2, -0.15) is 0 Å². The fourth-order valence-corrected chi connectivity index (χ4v) is 7.76. The highest BCUT2D eigenvalue weighted by Crippen LogP contribution is 2.38. The molecule has 3 aromatic heterocycles. The second-order valence-electron chi connectivity index (χ2n) is 10.1. The van der Waals surface area contributed by atoms with E-state index in [2.05, 4.69) is 16.0 Å². The number of rotatable bonds is 5. The third kappa shape index (κ3) is 4.85. The topological polar surface area (TPSA) is 77.3 Å². The molecule has 1 aliphatic heterocycles. The molecule has 2 fully saturated rings. The van der Waals surface area contributed by atoms with E-state index in [1.807, 2.05) is 24.6 Å². The van der Waals surface area contributed by atoms with Crippen molar-refractivity contribution in [1.82, 2.24) is 18.8 Å². The van der Waals surface area contributed by atoms with Gasteiger partial charge in [0.25, 0.3) is 10.0 Å². The number of aromatic nitrogens is 3. The minimum Gasteiger partial charge on any atom is -0.380 e. The first kappa shape index (κ1) is 24.7. The molecule has 1 saturated heterocycles. The van der Waals surface area contributed by atoms with Crippen molar-refractivity contribution < 1.29 is 13.2 Å². The standard InChI is InChI=1S/C28H32N4O3S2/c1-20-30-27(19-36-20)26-18-32(37(33,34)24-6-3-2-4-7-24)28-25(26)16-22(17-29-28)21-8-10-23(11-9-21)31-12-5-14-35-15-13-31/h2-4,6-7,16-19,21,23H,5,8-15H2,1H3/t21-,23+. The quantitative estimate of drug-likeness (QED) is 0.337. The van der Waals surface area contributed by atoms with Crippen LogP contribution in [0.4, 0.5) is 0 Å². The molecule has 37 heavy (non-hydrogen) atoms. The summed E-state index contributed by atoms with van der Waals surface area (Å²) in [5, 5.41) is 3.78. The normalized spacial score (nSPS) is 21.8. The fourth-order valence-electron chi connectivity index (χ4n) is 5.80. The number of hydrogen-bond donors (Lipinski definition) is 0. The Hall–Kier alpha value is -2.59. The highest BCUT2D eigenvalue weighted by atomic mass is 32.2. The van der Waals surface area contributed by atoms with Crippen LogP contribution in [0.3, 0.4) is 0 Å². The van der Waals surface area contributed by atoms with Crippen molar-refractivity contribution >= 4 is 32.4 Å². The van der Waals surface area contributed by atoms with E-state index in [1.165, 1.54) is 22.4 Å². The molecule has 2 aliphatic rings. The number of benzene rings is 1. The number of pyridine rings is 1. The lowest BCUT2D eigenvalue weighted by Gasteiger charge is -2.36. The summed E-state index contributed by atoms with van der Waals surface area (Å²) in [7, 11) is -3.79. The average Bonchev–Trinajstić information content (AvgIpc) is 3.42. The molecular formula is C28H32N4O3S2. The molecule has 0 bridgehead atoms. The maximum Gasteiger partial charge on any atom is 0.269 e. The van der Waals surface area contributed by atoms with E-state index >= 15 is 0 Å². The predicted octanol–water partition coefficient (Wildman–Crippen LogP) is 5.45. The molecule has 9 heteroatoms. The highest BCUT2D eigenvalue weighted by molar-refractivity contribution is 7.90. The fraction of sp³-hybridized carbons (Fsp3) is 0.429. The molecule has 7 nitrogen and oxygen atoms in total. The number of ether oxygens (including phenoxy) is 1. The molecule has 194 valence electrons. The Morgan fingerprint density at radius 3 is 2.62 bits per heavy atom. The van der Waals surface area contributed by atoms with Crippen LogP contribution in [0, 0.1) is 6.92 Å². The SMILES string of the molecule is Cc1nc(-c2cn(S(=O)(=O)c3ccccc3)c3ncc([C@H]4CC[C@@H](N5CCCOCC5)CC4)cc23)cs1. The monoisotopic (exact) mass is 536 g/mol. The van der Waals surface area contributed by atoms with E-state index in [1.54, 1.807) is 41.8 Å². The van der Waals surface area contributed by atoms with Gasteiger partial charge in [0.2, 0.25) is 0 Å². The molecule has 4 heterocycles. The zero-order valence-corrected chi connectivity index (χ0v) is 22.7. The minimum atomic E-state index is -3.79. The van der Waals surface area contributed by atoms with Crippen LogP contribution in [0.1, 0.15) is 48.6 Å². The number of fused-ring (bicyclic) bond motifs is 1. The Kier molecular flexibility index (Phi) is 6.88. The molecule has 1 aromatic carbocycles. The van der Waals surface area contributed by atoms with Gasteiger partial charge in [0.05, 0.1) is 22.2 Å². The Balaban J connectivity index is 1.34. The van der Waals surface area contributed by atoms with Gasteiger partial charge in [0.15, 0.2) is 5.65 Å². The van der Waals surface area contributed by atoms with Crippen molar-refractivity contribution in [3.05, 3.63) is 64.7 Å². The van der Waals surface area contributed by atoms with Gasteiger partial charge in [-0.25, -0.2) is 22.4 Å². The molecule has 4 aromatic rings. The van der Waals surface area contributed by atoms with Crippen LogP contribution in [0.2, 0.25) is 0 Å². The number of aryl methyl sites for hydroxylation is 1. The Morgan fingerprint density at radius 2 is 1.86 bits per heavy atom. The zero-order valence-electron chi connectivity index (χ0n) is 21.0. The van der Waals surface area contributed by atoms with Crippen molar-refractivity contribution in [3.8, 4) is 11.3 Å². The lowest BCUT2D eigenvalue weighted by atomic mass is 9.81. The van der Waals surface area contributed by atoms with Crippen LogP contribution >= 0.6 is 11.3 Å². The first-order valence-electron chi connectivity index (χ1n) is 13.1. The summed E-state index contributed by atoms with van der Waals surface area (Å²) < 4.78 is 34.1. The molecule has 1 saturated carbocycles. The van der Waals surface area contributed by atoms with Gasteiger partial charge in [0.1, 0.15) is 0 Å². The summed E-state index contributed by atoms with van der Waals surface area (Å²) in [6, 6.07) is 11.3. The van der Waals surface area contributed by atoms with Gasteiger partial charge in [-0.05, 0) is 68.7 Å². The molecule has 1 aliphatic carbocycles. The molecule has 0 spiro atoms. The largest absolute Gasteiger partial charge is 0.380 e. The molecule has 0 unspecified atom stereocenters. The number of hydrogen-bond acceptors (Lipinski definition) is 7. The zero-order chi connectivity index (χ0) is 25.4. The highest BCUT2D eigenvalue weighted by Gasteiger charge is 2.29. The third-order valence-corrected chi connectivity index (χ3v) is 10.2. The van der Waals surface area contributed by atoms with Gasteiger partial charge in [-0.3, -0.25) is 4.90 Å². The summed E-state index contributed by atoms with van der Waals surface area (Å²) >= 11 is 1.56. The summed E-state index contributed by atoms with van der Waals surface area (Å²) in [5.74, 6) is 0.426. The second-order valence-corrected chi connectivity index (χ2v) is 12.9. The maximum atomic E-state index is 13.6. The molecule has 0 amide bonds. The first-order chi connectivity index (χ1) is 18.0. The molecular weight excluding hydrogens is 504 g/mol. The lowest BCUT2D eigenvalue weighted by Crippen LogP contribution is -2.39. The Morgan fingerprint density at radius 1 is 1.05 bits per heavy atom. The third-order valence-electron chi connectivity index (χ3n) is 7.77. The molecule has 0 atom stereocenters. The van der Waals surface area contributed by atoms with Crippen molar-refractivity contribution in [2.45, 2.75) is 55.9 Å². The van der Waals surface area contributed by atoms with E-state index in [-0.39, 0.29) is 4.90 Å². The van der Waals surface area contributed by atoms with E-state index in [0.29, 0.717) is 17.6 Å². The molecule has 0 radical (unpaired) electrons. The van der Waals surface area contributed by atoms with E-state index in [0.717, 1.165) is 67.2 Å². The molecule has 0 N–H and O–H groups in total. The van der Waals surface area contributed by atoms with Gasteiger partial charge < -0.3 is 4.74 Å².